The molecule has 0 atom stereocenters. The van der Waals surface area contributed by atoms with Crippen molar-refractivity contribution in [3.63, 3.8) is 0 Å². The van der Waals surface area contributed by atoms with Crippen molar-refractivity contribution in [1.29, 1.82) is 0 Å². The fraction of sp³-hybridized carbons (Fsp3) is 0.0588. The Labute approximate surface area is 151 Å². The average Bonchev–Trinajstić information content (AvgIpc) is 3.05. The van der Waals surface area contributed by atoms with Crippen LogP contribution in [0.25, 0.3) is 11.3 Å². The summed E-state index contributed by atoms with van der Waals surface area (Å²) in [5.74, 6) is -4.95. The zero-order chi connectivity index (χ0) is 19.1. The summed E-state index contributed by atoms with van der Waals surface area (Å²) in [5.41, 5.74) is -1.48. The van der Waals surface area contributed by atoms with Gasteiger partial charge in [-0.25, -0.2) is 13.2 Å². The molecule has 0 aliphatic rings. The van der Waals surface area contributed by atoms with E-state index in [9.17, 15) is 26.3 Å². The molecule has 0 aliphatic heterocycles. The van der Waals surface area contributed by atoms with E-state index in [1.165, 1.54) is 18.4 Å². The fourth-order valence-electron chi connectivity index (χ4n) is 2.20. The number of rotatable bonds is 3. The van der Waals surface area contributed by atoms with Gasteiger partial charge in [-0.1, -0.05) is 0 Å². The molecule has 2 aromatic carbocycles. The molecule has 0 N–H and O–H groups in total. The van der Waals surface area contributed by atoms with Crippen LogP contribution in [0.1, 0.15) is 5.56 Å². The van der Waals surface area contributed by atoms with E-state index in [4.69, 9.17) is 9.15 Å². The highest BCUT2D eigenvalue weighted by atomic mass is 79.9. The first-order valence-corrected chi connectivity index (χ1v) is 7.73. The molecule has 0 amide bonds. The lowest BCUT2D eigenvalue weighted by molar-refractivity contribution is -0.138. The summed E-state index contributed by atoms with van der Waals surface area (Å²) in [7, 11) is 0. The first-order valence-electron chi connectivity index (χ1n) is 6.94. The lowest BCUT2D eigenvalue weighted by atomic mass is 10.1. The maximum atomic E-state index is 14.0. The summed E-state index contributed by atoms with van der Waals surface area (Å²) in [4.78, 5) is 0. The van der Waals surface area contributed by atoms with Crippen LogP contribution in [-0.4, -0.2) is 0 Å². The third-order valence-corrected chi connectivity index (χ3v) is 3.91. The lowest BCUT2D eigenvalue weighted by Gasteiger charge is -2.15. The molecule has 0 saturated carbocycles. The topological polar surface area (TPSA) is 22.4 Å². The van der Waals surface area contributed by atoms with Crippen molar-refractivity contribution >= 4 is 15.9 Å². The normalized spacial score (nSPS) is 11.7. The van der Waals surface area contributed by atoms with Gasteiger partial charge in [0, 0.05) is 0 Å². The molecule has 0 bridgehead atoms. The van der Waals surface area contributed by atoms with Crippen LogP contribution in [-0.2, 0) is 6.18 Å². The van der Waals surface area contributed by atoms with Gasteiger partial charge in [0.05, 0.1) is 21.9 Å². The van der Waals surface area contributed by atoms with Gasteiger partial charge in [0.2, 0.25) is 0 Å². The Morgan fingerprint density at radius 2 is 1.58 bits per heavy atom. The van der Waals surface area contributed by atoms with E-state index in [0.29, 0.717) is 0 Å². The largest absolute Gasteiger partial charge is 0.464 e. The van der Waals surface area contributed by atoms with Crippen molar-refractivity contribution in [3.05, 3.63) is 70.1 Å². The van der Waals surface area contributed by atoms with E-state index in [-0.39, 0.29) is 33.7 Å². The molecule has 0 fully saturated rings. The second kappa shape index (κ2) is 6.71. The molecule has 26 heavy (non-hydrogen) atoms. The van der Waals surface area contributed by atoms with Crippen molar-refractivity contribution in [2.24, 2.45) is 0 Å². The molecular formula is C17H7BrF6O2. The summed E-state index contributed by atoms with van der Waals surface area (Å²) in [6.45, 7) is 0. The van der Waals surface area contributed by atoms with Gasteiger partial charge < -0.3 is 9.15 Å². The van der Waals surface area contributed by atoms with Gasteiger partial charge in [-0.15, -0.1) is 0 Å². The molecule has 0 aliphatic carbocycles. The molecule has 0 radical (unpaired) electrons. The number of ether oxygens (including phenoxy) is 1. The zero-order valence-corrected chi connectivity index (χ0v) is 14.1. The molecule has 9 heteroatoms. The zero-order valence-electron chi connectivity index (χ0n) is 12.5. The lowest BCUT2D eigenvalue weighted by Crippen LogP contribution is -2.07. The first kappa shape index (κ1) is 18.4. The highest BCUT2D eigenvalue weighted by molar-refractivity contribution is 9.10. The van der Waals surface area contributed by atoms with Gasteiger partial charge in [-0.05, 0) is 52.3 Å². The number of benzene rings is 2. The molecule has 3 rings (SSSR count). The molecule has 0 spiro atoms. The van der Waals surface area contributed by atoms with E-state index >= 15 is 0 Å². The van der Waals surface area contributed by atoms with Gasteiger partial charge in [0.1, 0.15) is 11.6 Å². The number of hydrogen-bond acceptors (Lipinski definition) is 2. The Balaban J connectivity index is 2.11. The predicted molar refractivity (Wildman–Crippen MR) is 83.2 cm³/mol. The van der Waals surface area contributed by atoms with Crippen LogP contribution in [0.15, 0.2) is 51.6 Å². The SMILES string of the molecule is Fc1cc(Br)c(Oc2c(F)cc(C(F)(F)F)cc2F)c(-c2ccco2)c1. The van der Waals surface area contributed by atoms with Gasteiger partial charge in [-0.3, -0.25) is 0 Å². The van der Waals surface area contributed by atoms with Gasteiger partial charge in [0.25, 0.3) is 0 Å². The van der Waals surface area contributed by atoms with Crippen molar-refractivity contribution in [2.75, 3.05) is 0 Å². The molecule has 0 saturated heterocycles. The Morgan fingerprint density at radius 3 is 2.12 bits per heavy atom. The summed E-state index contributed by atoms with van der Waals surface area (Å²) < 4.78 is 89.9. The van der Waals surface area contributed by atoms with Gasteiger partial charge in [-0.2, -0.15) is 13.2 Å². The quantitative estimate of drug-likeness (QED) is 0.415. The van der Waals surface area contributed by atoms with Crippen molar-refractivity contribution < 1.29 is 35.5 Å². The second-order valence-electron chi connectivity index (χ2n) is 5.11. The van der Waals surface area contributed by atoms with E-state index in [1.54, 1.807) is 0 Å². The maximum Gasteiger partial charge on any atom is 0.416 e. The highest BCUT2D eigenvalue weighted by Crippen LogP contribution is 2.42. The van der Waals surface area contributed by atoms with E-state index in [2.05, 4.69) is 15.9 Å². The summed E-state index contributed by atoms with van der Waals surface area (Å²) >= 11 is 3.00. The Hall–Kier alpha value is -2.42. The van der Waals surface area contributed by atoms with Crippen molar-refractivity contribution in [3.8, 4) is 22.8 Å². The average molecular weight is 437 g/mol. The van der Waals surface area contributed by atoms with Gasteiger partial charge in [0.15, 0.2) is 23.1 Å². The Morgan fingerprint density at radius 1 is 0.923 bits per heavy atom. The number of halogens is 7. The van der Waals surface area contributed by atoms with Crippen LogP contribution in [0.2, 0.25) is 0 Å². The third kappa shape index (κ3) is 3.57. The third-order valence-electron chi connectivity index (χ3n) is 3.32. The monoisotopic (exact) mass is 436 g/mol. The minimum atomic E-state index is -4.92. The fourth-order valence-corrected chi connectivity index (χ4v) is 2.72. The van der Waals surface area contributed by atoms with Crippen LogP contribution in [0.4, 0.5) is 26.3 Å². The molecule has 0 unspecified atom stereocenters. The van der Waals surface area contributed by atoms with Crippen LogP contribution in [0, 0.1) is 17.5 Å². The van der Waals surface area contributed by atoms with Gasteiger partial charge >= 0.3 is 6.18 Å². The van der Waals surface area contributed by atoms with Crippen molar-refractivity contribution in [1.82, 2.24) is 0 Å². The summed E-state index contributed by atoms with van der Waals surface area (Å²) in [6, 6.07) is 5.15. The first-order chi connectivity index (χ1) is 12.2. The minimum Gasteiger partial charge on any atom is -0.464 e. The van der Waals surface area contributed by atoms with E-state index in [1.807, 2.05) is 0 Å². The smallest absolute Gasteiger partial charge is 0.416 e. The Kier molecular flexibility index (Phi) is 4.74. The van der Waals surface area contributed by atoms with Crippen LogP contribution in [0.5, 0.6) is 11.5 Å². The molecule has 136 valence electrons. The number of hydrogen-bond donors (Lipinski definition) is 0. The summed E-state index contributed by atoms with van der Waals surface area (Å²) in [6.07, 6.45) is -3.63. The van der Waals surface area contributed by atoms with E-state index in [0.717, 1.165) is 12.1 Å². The Bertz CT molecular complexity index is 928. The predicted octanol–water partition coefficient (Wildman–Crippen LogP) is 6.94. The van der Waals surface area contributed by atoms with Crippen LogP contribution in [0.3, 0.4) is 0 Å². The molecule has 1 heterocycles. The molecular weight excluding hydrogens is 430 g/mol. The van der Waals surface area contributed by atoms with Crippen LogP contribution >= 0.6 is 15.9 Å². The maximum absolute atomic E-state index is 14.0. The second-order valence-corrected chi connectivity index (χ2v) is 5.96. The number of furan rings is 1. The molecule has 2 nitrogen and oxygen atoms in total. The van der Waals surface area contributed by atoms with Crippen molar-refractivity contribution in [2.45, 2.75) is 6.18 Å². The highest BCUT2D eigenvalue weighted by Gasteiger charge is 2.33. The standard InChI is InChI=1S/C17H7BrF6O2/c18-11-7-9(19)6-10(14-2-1-3-25-14)15(11)26-16-12(20)4-8(5-13(16)21)17(22,23)24/h1-7H. The van der Waals surface area contributed by atoms with Crippen LogP contribution < -0.4 is 4.74 Å². The summed E-state index contributed by atoms with van der Waals surface area (Å²) in [5, 5.41) is 0. The minimum absolute atomic E-state index is 0.0115. The van der Waals surface area contributed by atoms with E-state index < -0.39 is 34.9 Å². The number of alkyl halides is 3. The molecule has 3 aromatic rings. The molecule has 1 aromatic heterocycles.